The third kappa shape index (κ3) is 2.32. The van der Waals surface area contributed by atoms with E-state index < -0.39 is 15.8 Å². The second kappa shape index (κ2) is 4.01. The first kappa shape index (κ1) is 11.3. The minimum Gasteiger partial charge on any atom is -0.367 e. The lowest BCUT2D eigenvalue weighted by molar-refractivity contribution is 0.564. The Bertz CT molecular complexity index is 489. The molecular formula is C10H13FN2O2S. The number of pyridine rings is 1. The average Bonchev–Trinajstić information content (AvgIpc) is 2.15. The molecule has 0 aliphatic carbocycles. The van der Waals surface area contributed by atoms with Crippen LogP contribution >= 0.6 is 0 Å². The quantitative estimate of drug-likeness (QED) is 0.687. The van der Waals surface area contributed by atoms with E-state index in [1.807, 2.05) is 11.8 Å². The van der Waals surface area contributed by atoms with E-state index in [9.17, 15) is 12.8 Å². The van der Waals surface area contributed by atoms with E-state index in [4.69, 9.17) is 0 Å². The van der Waals surface area contributed by atoms with Crippen molar-refractivity contribution in [3.63, 3.8) is 0 Å². The summed E-state index contributed by atoms with van der Waals surface area (Å²) in [6, 6.07) is 2.90. The fourth-order valence-electron chi connectivity index (χ4n) is 1.95. The molecule has 1 aromatic rings. The standard InChI is InChI=1S/C10H13FN2O2S/c1-8-7-16(14,15)5-4-13(8)9-2-3-12-10(11)6-9/h2-3,6,8H,4-5,7H2,1H3. The lowest BCUT2D eigenvalue weighted by Gasteiger charge is -2.34. The molecule has 6 heteroatoms. The Labute approximate surface area is 94.0 Å². The normalized spacial score (nSPS) is 24.4. The third-order valence-corrected chi connectivity index (χ3v) is 4.51. The molecule has 88 valence electrons. The summed E-state index contributed by atoms with van der Waals surface area (Å²) in [5.41, 5.74) is 0.690. The van der Waals surface area contributed by atoms with Gasteiger partial charge in [-0.05, 0) is 13.0 Å². The minimum atomic E-state index is -2.93. The highest BCUT2D eigenvalue weighted by atomic mass is 32.2. The summed E-state index contributed by atoms with van der Waals surface area (Å²) < 4.78 is 35.7. The van der Waals surface area contributed by atoms with Crippen LogP contribution in [-0.4, -0.2) is 37.5 Å². The topological polar surface area (TPSA) is 50.3 Å². The lowest BCUT2D eigenvalue weighted by Crippen LogP contribution is -2.47. The van der Waals surface area contributed by atoms with Gasteiger partial charge in [-0.25, -0.2) is 13.4 Å². The molecule has 0 bridgehead atoms. The summed E-state index contributed by atoms with van der Waals surface area (Å²) in [6.45, 7) is 2.24. The van der Waals surface area contributed by atoms with Crippen LogP contribution in [0.15, 0.2) is 18.3 Å². The molecule has 16 heavy (non-hydrogen) atoms. The van der Waals surface area contributed by atoms with Crippen molar-refractivity contribution in [2.24, 2.45) is 0 Å². The van der Waals surface area contributed by atoms with E-state index in [1.165, 1.54) is 12.3 Å². The fraction of sp³-hybridized carbons (Fsp3) is 0.500. The van der Waals surface area contributed by atoms with Crippen molar-refractivity contribution in [3.8, 4) is 0 Å². The van der Waals surface area contributed by atoms with Crippen LogP contribution in [-0.2, 0) is 9.84 Å². The number of halogens is 1. The van der Waals surface area contributed by atoms with Crippen LogP contribution < -0.4 is 4.90 Å². The lowest BCUT2D eigenvalue weighted by atomic mass is 10.2. The zero-order valence-electron chi connectivity index (χ0n) is 8.93. The van der Waals surface area contributed by atoms with Crippen molar-refractivity contribution in [1.29, 1.82) is 0 Å². The van der Waals surface area contributed by atoms with Crippen LogP contribution in [0.1, 0.15) is 6.92 Å². The van der Waals surface area contributed by atoms with E-state index in [0.717, 1.165) is 0 Å². The zero-order valence-corrected chi connectivity index (χ0v) is 9.74. The summed E-state index contributed by atoms with van der Waals surface area (Å²) in [7, 11) is -2.93. The second-order valence-corrected chi connectivity index (χ2v) is 6.22. The SMILES string of the molecule is CC1CS(=O)(=O)CCN1c1ccnc(F)c1. The Morgan fingerprint density at radius 2 is 2.31 bits per heavy atom. The number of hydrogen-bond acceptors (Lipinski definition) is 4. The first-order valence-electron chi connectivity index (χ1n) is 5.06. The van der Waals surface area contributed by atoms with Gasteiger partial charge in [-0.3, -0.25) is 0 Å². The molecule has 2 heterocycles. The summed E-state index contributed by atoms with van der Waals surface area (Å²) in [5.74, 6) is -0.295. The maximum atomic E-state index is 12.9. The Morgan fingerprint density at radius 3 is 2.94 bits per heavy atom. The first-order chi connectivity index (χ1) is 7.48. The molecule has 1 aromatic heterocycles. The van der Waals surface area contributed by atoms with Gasteiger partial charge in [0.2, 0.25) is 5.95 Å². The number of sulfone groups is 1. The highest BCUT2D eigenvalue weighted by Gasteiger charge is 2.28. The van der Waals surface area contributed by atoms with Crippen LogP contribution in [0.4, 0.5) is 10.1 Å². The maximum absolute atomic E-state index is 12.9. The number of aromatic nitrogens is 1. The summed E-state index contributed by atoms with van der Waals surface area (Å²) in [5, 5.41) is 0. The van der Waals surface area contributed by atoms with Crippen molar-refractivity contribution >= 4 is 15.5 Å². The number of anilines is 1. The summed E-state index contributed by atoms with van der Waals surface area (Å²) in [6.07, 6.45) is 1.39. The molecule has 0 saturated carbocycles. The van der Waals surface area contributed by atoms with E-state index in [-0.39, 0.29) is 17.5 Å². The number of hydrogen-bond donors (Lipinski definition) is 0. The van der Waals surface area contributed by atoms with Gasteiger partial charge in [0.25, 0.3) is 0 Å². The van der Waals surface area contributed by atoms with Crippen LogP contribution in [0.3, 0.4) is 0 Å². The van der Waals surface area contributed by atoms with Gasteiger partial charge in [0.05, 0.1) is 11.5 Å². The highest BCUT2D eigenvalue weighted by Crippen LogP contribution is 2.21. The van der Waals surface area contributed by atoms with Gasteiger partial charge in [-0.1, -0.05) is 0 Å². The Balaban J connectivity index is 2.24. The molecule has 0 aromatic carbocycles. The van der Waals surface area contributed by atoms with Gasteiger partial charge in [0.15, 0.2) is 9.84 Å². The van der Waals surface area contributed by atoms with Gasteiger partial charge in [-0.2, -0.15) is 4.39 Å². The van der Waals surface area contributed by atoms with Crippen molar-refractivity contribution in [2.75, 3.05) is 23.0 Å². The minimum absolute atomic E-state index is 0.122. The fourth-order valence-corrected chi connectivity index (χ4v) is 3.51. The largest absolute Gasteiger partial charge is 0.367 e. The summed E-state index contributed by atoms with van der Waals surface area (Å²) >= 11 is 0. The van der Waals surface area contributed by atoms with Crippen molar-refractivity contribution in [2.45, 2.75) is 13.0 Å². The van der Waals surface area contributed by atoms with Crippen LogP contribution in [0, 0.1) is 5.95 Å². The molecule has 0 spiro atoms. The molecule has 2 rings (SSSR count). The Hall–Kier alpha value is -1.17. The molecule has 0 N–H and O–H groups in total. The van der Waals surface area contributed by atoms with Gasteiger partial charge in [0, 0.05) is 30.5 Å². The van der Waals surface area contributed by atoms with E-state index in [2.05, 4.69) is 4.98 Å². The zero-order chi connectivity index (χ0) is 11.8. The van der Waals surface area contributed by atoms with E-state index >= 15 is 0 Å². The van der Waals surface area contributed by atoms with E-state index in [1.54, 1.807) is 6.07 Å². The van der Waals surface area contributed by atoms with Crippen molar-refractivity contribution in [1.82, 2.24) is 4.98 Å². The molecule has 0 amide bonds. The monoisotopic (exact) mass is 244 g/mol. The molecule has 1 atom stereocenters. The van der Waals surface area contributed by atoms with Crippen LogP contribution in [0.5, 0.6) is 0 Å². The molecule has 0 radical (unpaired) electrons. The van der Waals surface area contributed by atoms with Crippen molar-refractivity contribution < 1.29 is 12.8 Å². The van der Waals surface area contributed by atoms with Gasteiger partial charge < -0.3 is 4.90 Å². The Kier molecular flexibility index (Phi) is 2.84. The second-order valence-electron chi connectivity index (χ2n) is 3.99. The third-order valence-electron chi connectivity index (χ3n) is 2.71. The van der Waals surface area contributed by atoms with E-state index in [0.29, 0.717) is 12.2 Å². The molecule has 4 nitrogen and oxygen atoms in total. The van der Waals surface area contributed by atoms with Gasteiger partial charge in [-0.15, -0.1) is 0 Å². The average molecular weight is 244 g/mol. The predicted octanol–water partition coefficient (Wildman–Crippen LogP) is 0.844. The maximum Gasteiger partial charge on any atom is 0.214 e. The summed E-state index contributed by atoms with van der Waals surface area (Å²) in [4.78, 5) is 5.37. The molecular weight excluding hydrogens is 231 g/mol. The molecule has 1 aliphatic rings. The Morgan fingerprint density at radius 1 is 1.56 bits per heavy atom. The van der Waals surface area contributed by atoms with Crippen molar-refractivity contribution in [3.05, 3.63) is 24.3 Å². The van der Waals surface area contributed by atoms with Gasteiger partial charge in [0.1, 0.15) is 0 Å². The molecule has 1 aliphatic heterocycles. The molecule has 1 fully saturated rings. The molecule has 1 saturated heterocycles. The molecule has 1 unspecified atom stereocenters. The van der Waals surface area contributed by atoms with Crippen LogP contribution in [0.2, 0.25) is 0 Å². The smallest absolute Gasteiger partial charge is 0.214 e. The number of rotatable bonds is 1. The predicted molar refractivity (Wildman–Crippen MR) is 59.7 cm³/mol. The highest BCUT2D eigenvalue weighted by molar-refractivity contribution is 7.91. The van der Waals surface area contributed by atoms with Gasteiger partial charge >= 0.3 is 0 Å². The first-order valence-corrected chi connectivity index (χ1v) is 6.89. The number of nitrogens with zero attached hydrogens (tertiary/aromatic N) is 2. The van der Waals surface area contributed by atoms with Crippen LogP contribution in [0.25, 0.3) is 0 Å².